The number of hydrogen-bond acceptors (Lipinski definition) is 3. The molecule has 0 aromatic rings. The molecule has 1 N–H and O–H groups in total. The van der Waals surface area contributed by atoms with Crippen molar-refractivity contribution in [3.05, 3.63) is 0 Å². The zero-order valence-corrected chi connectivity index (χ0v) is 9.50. The van der Waals surface area contributed by atoms with E-state index in [2.05, 4.69) is 29.1 Å². The van der Waals surface area contributed by atoms with E-state index in [0.717, 1.165) is 12.1 Å². The fourth-order valence-corrected chi connectivity index (χ4v) is 2.57. The Labute approximate surface area is 87.4 Å². The van der Waals surface area contributed by atoms with Gasteiger partial charge in [0.25, 0.3) is 0 Å². The first-order valence-corrected chi connectivity index (χ1v) is 5.95. The number of piperidine rings is 1. The summed E-state index contributed by atoms with van der Waals surface area (Å²) in [7, 11) is 2.23. The number of hydrogen-bond donors (Lipinski definition) is 1. The molecular weight excluding hydrogens is 174 g/mol. The quantitative estimate of drug-likeness (QED) is 0.705. The van der Waals surface area contributed by atoms with Crippen molar-refractivity contribution < 1.29 is 0 Å². The molecular formula is C11H23N3. The summed E-state index contributed by atoms with van der Waals surface area (Å²) >= 11 is 0. The van der Waals surface area contributed by atoms with E-state index in [1.807, 2.05) is 0 Å². The second kappa shape index (κ2) is 4.60. The molecule has 2 aliphatic heterocycles. The van der Waals surface area contributed by atoms with E-state index >= 15 is 0 Å². The highest BCUT2D eigenvalue weighted by atomic mass is 15.3. The molecule has 2 rings (SSSR count). The van der Waals surface area contributed by atoms with Crippen molar-refractivity contribution in [3.63, 3.8) is 0 Å². The Bertz CT molecular complexity index is 177. The topological polar surface area (TPSA) is 18.5 Å². The van der Waals surface area contributed by atoms with Crippen LogP contribution in [0.5, 0.6) is 0 Å². The van der Waals surface area contributed by atoms with Gasteiger partial charge < -0.3 is 15.1 Å². The summed E-state index contributed by atoms with van der Waals surface area (Å²) in [5, 5.41) is 3.77. The van der Waals surface area contributed by atoms with Gasteiger partial charge in [-0.15, -0.1) is 0 Å². The molecule has 82 valence electrons. The minimum atomic E-state index is 0.748. The van der Waals surface area contributed by atoms with Crippen LogP contribution in [-0.2, 0) is 0 Å². The van der Waals surface area contributed by atoms with Crippen molar-refractivity contribution in [3.8, 4) is 0 Å². The maximum atomic E-state index is 3.77. The van der Waals surface area contributed by atoms with Crippen LogP contribution in [0.4, 0.5) is 0 Å². The number of likely N-dealkylation sites (tertiary alicyclic amines) is 2. The van der Waals surface area contributed by atoms with Crippen LogP contribution in [0, 0.1) is 0 Å². The average Bonchev–Trinajstić information content (AvgIpc) is 2.10. The lowest BCUT2D eigenvalue weighted by Crippen LogP contribution is -2.61. The number of nitrogens with one attached hydrogen (secondary N) is 1. The molecule has 2 saturated heterocycles. The second-order valence-corrected chi connectivity index (χ2v) is 4.82. The van der Waals surface area contributed by atoms with Crippen LogP contribution in [0.25, 0.3) is 0 Å². The normalized spacial score (nSPS) is 31.7. The van der Waals surface area contributed by atoms with Crippen LogP contribution in [0.1, 0.15) is 19.8 Å². The van der Waals surface area contributed by atoms with Gasteiger partial charge in [0.15, 0.2) is 0 Å². The predicted molar refractivity (Wildman–Crippen MR) is 59.6 cm³/mol. The van der Waals surface area contributed by atoms with E-state index in [0.29, 0.717) is 0 Å². The smallest absolute Gasteiger partial charge is 0.0325 e. The van der Waals surface area contributed by atoms with Crippen molar-refractivity contribution in [2.45, 2.75) is 31.8 Å². The first kappa shape index (κ1) is 10.4. The first-order chi connectivity index (χ1) is 6.78. The SMILES string of the molecule is CCN1CC(NC2CCCN(C)C2)C1. The van der Waals surface area contributed by atoms with Gasteiger partial charge in [-0.2, -0.15) is 0 Å². The van der Waals surface area contributed by atoms with Crippen LogP contribution in [0.3, 0.4) is 0 Å². The van der Waals surface area contributed by atoms with Crippen molar-refractivity contribution in [2.75, 3.05) is 39.8 Å². The van der Waals surface area contributed by atoms with E-state index in [-0.39, 0.29) is 0 Å². The second-order valence-electron chi connectivity index (χ2n) is 4.82. The zero-order chi connectivity index (χ0) is 9.97. The van der Waals surface area contributed by atoms with Gasteiger partial charge in [-0.3, -0.25) is 0 Å². The third kappa shape index (κ3) is 2.47. The fraction of sp³-hybridized carbons (Fsp3) is 1.00. The molecule has 1 atom stereocenters. The van der Waals surface area contributed by atoms with Crippen LogP contribution in [-0.4, -0.2) is 61.7 Å². The largest absolute Gasteiger partial charge is 0.307 e. The number of rotatable bonds is 3. The molecule has 0 amide bonds. The Morgan fingerprint density at radius 2 is 2.00 bits per heavy atom. The van der Waals surface area contributed by atoms with E-state index in [4.69, 9.17) is 0 Å². The lowest BCUT2D eigenvalue weighted by molar-refractivity contribution is 0.109. The van der Waals surface area contributed by atoms with Gasteiger partial charge in [0.05, 0.1) is 0 Å². The molecule has 14 heavy (non-hydrogen) atoms. The Balaban J connectivity index is 1.66. The van der Waals surface area contributed by atoms with Crippen LogP contribution in [0.2, 0.25) is 0 Å². The molecule has 1 unspecified atom stereocenters. The Hall–Kier alpha value is -0.120. The molecule has 0 spiro atoms. The number of likely N-dealkylation sites (N-methyl/N-ethyl adjacent to an activating group) is 2. The summed E-state index contributed by atoms with van der Waals surface area (Å²) in [4.78, 5) is 4.93. The summed E-state index contributed by atoms with van der Waals surface area (Å²) in [6.45, 7) is 8.49. The zero-order valence-electron chi connectivity index (χ0n) is 9.50. The van der Waals surface area contributed by atoms with Crippen molar-refractivity contribution in [2.24, 2.45) is 0 Å². The fourth-order valence-electron chi connectivity index (χ4n) is 2.57. The van der Waals surface area contributed by atoms with Gasteiger partial charge in [0.1, 0.15) is 0 Å². The van der Waals surface area contributed by atoms with Gasteiger partial charge in [-0.05, 0) is 33.0 Å². The summed E-state index contributed by atoms with van der Waals surface area (Å²) in [5.41, 5.74) is 0. The van der Waals surface area contributed by atoms with Crippen molar-refractivity contribution >= 4 is 0 Å². The van der Waals surface area contributed by atoms with Crippen LogP contribution >= 0.6 is 0 Å². The third-order valence-electron chi connectivity index (χ3n) is 3.50. The van der Waals surface area contributed by atoms with E-state index in [1.54, 1.807) is 0 Å². The van der Waals surface area contributed by atoms with E-state index in [1.165, 1.54) is 45.6 Å². The van der Waals surface area contributed by atoms with Crippen molar-refractivity contribution in [1.82, 2.24) is 15.1 Å². The molecule has 2 aliphatic rings. The van der Waals surface area contributed by atoms with E-state index < -0.39 is 0 Å². The van der Waals surface area contributed by atoms with Crippen molar-refractivity contribution in [1.29, 1.82) is 0 Å². The maximum Gasteiger partial charge on any atom is 0.0325 e. The first-order valence-electron chi connectivity index (χ1n) is 5.95. The standard InChI is InChI=1S/C11H23N3/c1-3-14-8-11(9-14)12-10-5-4-6-13(2)7-10/h10-12H,3-9H2,1-2H3. The molecule has 2 heterocycles. The van der Waals surface area contributed by atoms with E-state index in [9.17, 15) is 0 Å². The molecule has 0 aromatic heterocycles. The molecule has 0 bridgehead atoms. The molecule has 0 radical (unpaired) electrons. The third-order valence-corrected chi connectivity index (χ3v) is 3.50. The van der Waals surface area contributed by atoms with Gasteiger partial charge in [-0.1, -0.05) is 6.92 Å². The Morgan fingerprint density at radius 1 is 1.21 bits per heavy atom. The molecule has 0 aliphatic carbocycles. The summed E-state index contributed by atoms with van der Waals surface area (Å²) in [6.07, 6.45) is 2.73. The maximum absolute atomic E-state index is 3.77. The highest BCUT2D eigenvalue weighted by Gasteiger charge is 2.28. The molecule has 3 nitrogen and oxygen atoms in total. The lowest BCUT2D eigenvalue weighted by atomic mass is 10.0. The highest BCUT2D eigenvalue weighted by molar-refractivity contribution is 4.89. The van der Waals surface area contributed by atoms with Crippen LogP contribution in [0.15, 0.2) is 0 Å². The molecule has 0 saturated carbocycles. The van der Waals surface area contributed by atoms with Gasteiger partial charge in [0.2, 0.25) is 0 Å². The Kier molecular flexibility index (Phi) is 3.42. The lowest BCUT2D eigenvalue weighted by Gasteiger charge is -2.42. The minimum Gasteiger partial charge on any atom is -0.307 e. The van der Waals surface area contributed by atoms with Gasteiger partial charge in [-0.25, -0.2) is 0 Å². The van der Waals surface area contributed by atoms with Gasteiger partial charge >= 0.3 is 0 Å². The number of nitrogens with zero attached hydrogens (tertiary/aromatic N) is 2. The monoisotopic (exact) mass is 197 g/mol. The van der Waals surface area contributed by atoms with Gasteiger partial charge in [0, 0.05) is 31.7 Å². The average molecular weight is 197 g/mol. The summed E-state index contributed by atoms with van der Waals surface area (Å²) in [5.74, 6) is 0. The molecule has 3 heteroatoms. The Morgan fingerprint density at radius 3 is 2.64 bits per heavy atom. The highest BCUT2D eigenvalue weighted by Crippen LogP contribution is 2.12. The van der Waals surface area contributed by atoms with Crippen LogP contribution < -0.4 is 5.32 Å². The molecule has 2 fully saturated rings. The summed E-state index contributed by atoms with van der Waals surface area (Å²) < 4.78 is 0. The molecule has 0 aromatic carbocycles. The minimum absolute atomic E-state index is 0.748. The summed E-state index contributed by atoms with van der Waals surface area (Å²) in [6, 6.07) is 1.52. The predicted octanol–water partition coefficient (Wildman–Crippen LogP) is 0.374.